The summed E-state index contributed by atoms with van der Waals surface area (Å²) in [5.74, 6) is 1.27. The van der Waals surface area contributed by atoms with Crippen molar-refractivity contribution in [2.45, 2.75) is 50.5 Å². The summed E-state index contributed by atoms with van der Waals surface area (Å²) >= 11 is 0. The SMILES string of the molecule is Cc1ccccc1C1(CNC(=O)C2C3CCC(C3)C2N)CCOCC1. The van der Waals surface area contributed by atoms with Crippen LogP contribution in [0.2, 0.25) is 0 Å². The number of amides is 1. The first kappa shape index (κ1) is 17.0. The minimum Gasteiger partial charge on any atom is -0.381 e. The van der Waals surface area contributed by atoms with E-state index in [0.717, 1.165) is 32.5 Å². The van der Waals surface area contributed by atoms with Gasteiger partial charge in [0.15, 0.2) is 0 Å². The molecule has 0 aromatic heterocycles. The summed E-state index contributed by atoms with van der Waals surface area (Å²) in [5, 5.41) is 3.30. The number of nitrogens with one attached hydrogen (secondary N) is 1. The minimum atomic E-state index is -0.0129. The number of carbonyl (C=O) groups excluding carboxylic acids is 1. The normalized spacial score (nSPS) is 33.4. The number of hydrogen-bond donors (Lipinski definition) is 2. The Hall–Kier alpha value is -1.39. The van der Waals surface area contributed by atoms with Gasteiger partial charge in [-0.3, -0.25) is 4.79 Å². The Kier molecular flexibility index (Phi) is 4.59. The van der Waals surface area contributed by atoms with E-state index in [0.29, 0.717) is 18.4 Å². The third kappa shape index (κ3) is 3.00. The molecule has 0 spiro atoms. The highest BCUT2D eigenvalue weighted by atomic mass is 16.5. The zero-order valence-corrected chi connectivity index (χ0v) is 15.2. The van der Waals surface area contributed by atoms with Gasteiger partial charge in [0, 0.05) is 31.2 Å². The molecular weight excluding hydrogens is 312 g/mol. The van der Waals surface area contributed by atoms with Gasteiger partial charge in [0.25, 0.3) is 0 Å². The fourth-order valence-corrected chi connectivity index (χ4v) is 5.57. The number of hydrogen-bond acceptors (Lipinski definition) is 3. The van der Waals surface area contributed by atoms with Crippen LogP contribution in [0.5, 0.6) is 0 Å². The van der Waals surface area contributed by atoms with Crippen molar-refractivity contribution in [3.8, 4) is 0 Å². The van der Waals surface area contributed by atoms with Crippen LogP contribution in [0.15, 0.2) is 24.3 Å². The summed E-state index contributed by atoms with van der Waals surface area (Å²) in [7, 11) is 0. The number of carbonyl (C=O) groups is 1. The highest BCUT2D eigenvalue weighted by molar-refractivity contribution is 5.80. The molecule has 4 heteroatoms. The first-order chi connectivity index (χ1) is 12.1. The van der Waals surface area contributed by atoms with Crippen LogP contribution in [-0.4, -0.2) is 31.7 Å². The van der Waals surface area contributed by atoms with E-state index in [1.54, 1.807) is 0 Å². The molecule has 3 fully saturated rings. The highest BCUT2D eigenvalue weighted by Crippen LogP contribution is 2.47. The molecule has 4 rings (SSSR count). The number of benzene rings is 1. The van der Waals surface area contributed by atoms with Gasteiger partial charge in [-0.25, -0.2) is 0 Å². The molecule has 1 amide bonds. The standard InChI is InChI=1S/C21H30N2O2/c1-14-4-2-3-5-17(14)21(8-10-25-11-9-21)13-23-20(24)18-15-6-7-16(12-15)19(18)22/h2-5,15-16,18-19H,6-13,22H2,1H3,(H,23,24). The smallest absolute Gasteiger partial charge is 0.224 e. The zero-order chi connectivity index (χ0) is 17.4. The van der Waals surface area contributed by atoms with Crippen LogP contribution in [0.4, 0.5) is 0 Å². The molecule has 3 aliphatic rings. The van der Waals surface area contributed by atoms with E-state index in [4.69, 9.17) is 10.5 Å². The maximum absolute atomic E-state index is 12.9. The highest BCUT2D eigenvalue weighted by Gasteiger charge is 2.49. The number of aryl methyl sites for hydroxylation is 1. The monoisotopic (exact) mass is 342 g/mol. The second-order valence-electron chi connectivity index (χ2n) is 8.36. The van der Waals surface area contributed by atoms with Gasteiger partial charge in [0.2, 0.25) is 5.91 Å². The molecule has 25 heavy (non-hydrogen) atoms. The summed E-state index contributed by atoms with van der Waals surface area (Å²) in [6, 6.07) is 8.63. The summed E-state index contributed by atoms with van der Waals surface area (Å²) in [4.78, 5) is 12.9. The number of nitrogens with two attached hydrogens (primary N) is 1. The fraction of sp³-hybridized carbons (Fsp3) is 0.667. The lowest BCUT2D eigenvalue weighted by Gasteiger charge is -2.39. The number of ether oxygens (including phenoxy) is 1. The lowest BCUT2D eigenvalue weighted by Crippen LogP contribution is -2.50. The van der Waals surface area contributed by atoms with E-state index in [9.17, 15) is 4.79 Å². The van der Waals surface area contributed by atoms with Crippen molar-refractivity contribution >= 4 is 5.91 Å². The lowest BCUT2D eigenvalue weighted by atomic mass is 9.72. The van der Waals surface area contributed by atoms with Crippen molar-refractivity contribution in [1.82, 2.24) is 5.32 Å². The van der Waals surface area contributed by atoms with Crippen LogP contribution < -0.4 is 11.1 Å². The van der Waals surface area contributed by atoms with Crippen LogP contribution in [0.1, 0.15) is 43.2 Å². The molecule has 2 aliphatic carbocycles. The predicted molar refractivity (Wildman–Crippen MR) is 98.2 cm³/mol. The summed E-state index contributed by atoms with van der Waals surface area (Å²) < 4.78 is 5.62. The topological polar surface area (TPSA) is 64.4 Å². The van der Waals surface area contributed by atoms with Crippen LogP contribution >= 0.6 is 0 Å². The van der Waals surface area contributed by atoms with Crippen molar-refractivity contribution in [3.05, 3.63) is 35.4 Å². The number of fused-ring (bicyclic) bond motifs is 2. The second kappa shape index (κ2) is 6.73. The van der Waals surface area contributed by atoms with Gasteiger partial charge in [-0.15, -0.1) is 0 Å². The Morgan fingerprint density at radius 1 is 1.24 bits per heavy atom. The fourth-order valence-electron chi connectivity index (χ4n) is 5.57. The first-order valence-corrected chi connectivity index (χ1v) is 9.78. The maximum Gasteiger partial charge on any atom is 0.224 e. The molecule has 1 heterocycles. The molecule has 2 bridgehead atoms. The molecule has 1 aliphatic heterocycles. The van der Waals surface area contributed by atoms with Crippen LogP contribution in [0.25, 0.3) is 0 Å². The molecule has 1 saturated heterocycles. The summed E-state index contributed by atoms with van der Waals surface area (Å²) in [6.07, 6.45) is 5.45. The molecule has 136 valence electrons. The van der Waals surface area contributed by atoms with Gasteiger partial charge >= 0.3 is 0 Å². The Balaban J connectivity index is 1.50. The van der Waals surface area contributed by atoms with Crippen LogP contribution in [0, 0.1) is 24.7 Å². The van der Waals surface area contributed by atoms with Crippen molar-refractivity contribution in [1.29, 1.82) is 0 Å². The van der Waals surface area contributed by atoms with Crippen molar-refractivity contribution in [2.24, 2.45) is 23.5 Å². The van der Waals surface area contributed by atoms with E-state index < -0.39 is 0 Å². The van der Waals surface area contributed by atoms with Gasteiger partial charge in [-0.2, -0.15) is 0 Å². The van der Waals surface area contributed by atoms with Crippen molar-refractivity contribution in [2.75, 3.05) is 19.8 Å². The Morgan fingerprint density at radius 3 is 2.64 bits per heavy atom. The van der Waals surface area contributed by atoms with Crippen molar-refractivity contribution in [3.63, 3.8) is 0 Å². The average molecular weight is 342 g/mol. The largest absolute Gasteiger partial charge is 0.381 e. The molecule has 1 aromatic rings. The molecule has 3 N–H and O–H groups in total. The van der Waals surface area contributed by atoms with Gasteiger partial charge < -0.3 is 15.8 Å². The Morgan fingerprint density at radius 2 is 1.96 bits per heavy atom. The summed E-state index contributed by atoms with van der Waals surface area (Å²) in [6.45, 7) is 4.39. The lowest BCUT2D eigenvalue weighted by molar-refractivity contribution is -0.127. The average Bonchev–Trinajstić information content (AvgIpc) is 3.22. The third-order valence-electron chi connectivity index (χ3n) is 7.05. The van der Waals surface area contributed by atoms with E-state index in [-0.39, 0.29) is 23.3 Å². The number of rotatable bonds is 4. The van der Waals surface area contributed by atoms with Gasteiger partial charge in [0.05, 0.1) is 5.92 Å². The predicted octanol–water partition coefficient (Wildman–Crippen LogP) is 2.53. The maximum atomic E-state index is 12.9. The van der Waals surface area contributed by atoms with Crippen LogP contribution in [0.3, 0.4) is 0 Å². The Labute approximate surface area is 150 Å². The van der Waals surface area contributed by atoms with Crippen LogP contribution in [-0.2, 0) is 14.9 Å². The van der Waals surface area contributed by atoms with Crippen molar-refractivity contribution < 1.29 is 9.53 Å². The molecule has 0 radical (unpaired) electrons. The summed E-state index contributed by atoms with van der Waals surface area (Å²) in [5.41, 5.74) is 9.01. The van der Waals surface area contributed by atoms with E-state index >= 15 is 0 Å². The van der Waals surface area contributed by atoms with Gasteiger partial charge in [-0.05, 0) is 62.0 Å². The molecule has 2 saturated carbocycles. The third-order valence-corrected chi connectivity index (χ3v) is 7.05. The van der Waals surface area contributed by atoms with E-state index in [2.05, 4.69) is 36.5 Å². The van der Waals surface area contributed by atoms with Gasteiger partial charge in [0.1, 0.15) is 0 Å². The Bertz CT molecular complexity index is 637. The van der Waals surface area contributed by atoms with Gasteiger partial charge in [-0.1, -0.05) is 24.3 Å². The molecule has 4 atom stereocenters. The molecule has 4 unspecified atom stereocenters. The van der Waals surface area contributed by atoms with E-state index in [1.165, 1.54) is 24.0 Å². The molecule has 4 nitrogen and oxygen atoms in total. The molecular formula is C21H30N2O2. The first-order valence-electron chi connectivity index (χ1n) is 9.78. The molecule has 1 aromatic carbocycles. The second-order valence-corrected chi connectivity index (χ2v) is 8.36. The minimum absolute atomic E-state index is 0.0129. The zero-order valence-electron chi connectivity index (χ0n) is 15.2. The van der Waals surface area contributed by atoms with E-state index in [1.807, 2.05) is 0 Å². The quantitative estimate of drug-likeness (QED) is 0.884.